The van der Waals surface area contributed by atoms with Gasteiger partial charge in [-0.05, 0) is 28.4 Å². The molecule has 0 radical (unpaired) electrons. The summed E-state index contributed by atoms with van der Waals surface area (Å²) in [6.07, 6.45) is 4.90. The van der Waals surface area contributed by atoms with Crippen LogP contribution in [0, 0.1) is 0 Å². The second-order valence-corrected chi connectivity index (χ2v) is 4.34. The first kappa shape index (κ1) is 10.4. The van der Waals surface area contributed by atoms with Crippen LogP contribution in [-0.4, -0.2) is 15.8 Å². The van der Waals surface area contributed by atoms with Crippen molar-refractivity contribution in [1.29, 1.82) is 0 Å². The van der Waals surface area contributed by atoms with Gasteiger partial charge in [0.15, 0.2) is 5.78 Å². The summed E-state index contributed by atoms with van der Waals surface area (Å²) < 4.78 is 0.889. The maximum absolute atomic E-state index is 11.8. The van der Waals surface area contributed by atoms with Crippen molar-refractivity contribution in [3.05, 3.63) is 28.5 Å². The number of carbonyl (C=O) groups is 1. The van der Waals surface area contributed by atoms with E-state index >= 15 is 0 Å². The number of Topliss-reactive ketones (excluding diaryl/α,β-unsaturated/α-hetero) is 1. The van der Waals surface area contributed by atoms with Crippen molar-refractivity contribution in [3.8, 4) is 0 Å². The fourth-order valence-corrected chi connectivity index (χ4v) is 1.90. The normalized spacial score (nSPS) is 10.8. The number of nitrogens with one attached hydrogen (secondary N) is 1. The van der Waals surface area contributed by atoms with Gasteiger partial charge in [0, 0.05) is 34.2 Å². The lowest BCUT2D eigenvalue weighted by atomic mass is 10.1. The molecule has 0 amide bonds. The third-order valence-electron chi connectivity index (χ3n) is 2.28. The van der Waals surface area contributed by atoms with Gasteiger partial charge in [-0.25, -0.2) is 4.98 Å². The van der Waals surface area contributed by atoms with Crippen molar-refractivity contribution in [2.75, 3.05) is 0 Å². The summed E-state index contributed by atoms with van der Waals surface area (Å²) in [5.74, 6) is 0.170. The Morgan fingerprint density at radius 3 is 3.13 bits per heavy atom. The van der Waals surface area contributed by atoms with E-state index in [0.29, 0.717) is 6.42 Å². The lowest BCUT2D eigenvalue weighted by molar-refractivity contribution is 0.0983. The van der Waals surface area contributed by atoms with E-state index in [9.17, 15) is 4.79 Å². The number of aromatic amines is 1. The molecule has 0 spiro atoms. The number of nitrogens with zero attached hydrogens (tertiary/aromatic N) is 1. The van der Waals surface area contributed by atoms with E-state index in [1.807, 2.05) is 13.0 Å². The van der Waals surface area contributed by atoms with Gasteiger partial charge < -0.3 is 4.98 Å². The first-order valence-electron chi connectivity index (χ1n) is 4.88. The Labute approximate surface area is 96.0 Å². The monoisotopic (exact) mass is 266 g/mol. The number of aromatic nitrogens is 2. The van der Waals surface area contributed by atoms with Crippen molar-refractivity contribution < 1.29 is 4.79 Å². The molecule has 78 valence electrons. The minimum atomic E-state index is 0.170. The molecule has 2 rings (SSSR count). The van der Waals surface area contributed by atoms with Crippen LogP contribution >= 0.6 is 15.9 Å². The Bertz CT molecular complexity index is 504. The SMILES string of the molecule is CCCC(=O)c1c[nH]c2ncc(Br)cc12. The van der Waals surface area contributed by atoms with Crippen LogP contribution in [0.25, 0.3) is 11.0 Å². The van der Waals surface area contributed by atoms with Crippen molar-refractivity contribution in [1.82, 2.24) is 9.97 Å². The van der Waals surface area contributed by atoms with Crippen LogP contribution in [0.5, 0.6) is 0 Å². The van der Waals surface area contributed by atoms with E-state index in [1.165, 1.54) is 0 Å². The molecule has 0 saturated carbocycles. The van der Waals surface area contributed by atoms with Gasteiger partial charge in [-0.3, -0.25) is 4.79 Å². The van der Waals surface area contributed by atoms with Gasteiger partial charge in [0.2, 0.25) is 0 Å². The fraction of sp³-hybridized carbons (Fsp3) is 0.273. The van der Waals surface area contributed by atoms with Crippen molar-refractivity contribution in [3.63, 3.8) is 0 Å². The van der Waals surface area contributed by atoms with Crippen LogP contribution in [0.15, 0.2) is 22.9 Å². The summed E-state index contributed by atoms with van der Waals surface area (Å²) >= 11 is 3.35. The highest BCUT2D eigenvalue weighted by Gasteiger charge is 2.11. The van der Waals surface area contributed by atoms with Gasteiger partial charge in [-0.15, -0.1) is 0 Å². The fourth-order valence-electron chi connectivity index (χ4n) is 1.57. The average Bonchev–Trinajstić information content (AvgIpc) is 2.60. The first-order chi connectivity index (χ1) is 7.22. The molecule has 3 nitrogen and oxygen atoms in total. The van der Waals surface area contributed by atoms with Gasteiger partial charge in [0.25, 0.3) is 0 Å². The lowest BCUT2D eigenvalue weighted by Gasteiger charge is -1.96. The molecule has 1 N–H and O–H groups in total. The number of rotatable bonds is 3. The molecule has 0 bridgehead atoms. The quantitative estimate of drug-likeness (QED) is 0.867. The van der Waals surface area contributed by atoms with E-state index in [0.717, 1.165) is 27.5 Å². The summed E-state index contributed by atoms with van der Waals surface area (Å²) in [6.45, 7) is 2.00. The van der Waals surface area contributed by atoms with Crippen LogP contribution in [0.1, 0.15) is 30.1 Å². The van der Waals surface area contributed by atoms with Gasteiger partial charge in [0.05, 0.1) is 0 Å². The second kappa shape index (κ2) is 4.14. The molecule has 2 aromatic rings. The van der Waals surface area contributed by atoms with Crippen LogP contribution in [0.4, 0.5) is 0 Å². The number of hydrogen-bond donors (Lipinski definition) is 1. The molecule has 2 aromatic heterocycles. The van der Waals surface area contributed by atoms with Crippen LogP contribution in [-0.2, 0) is 0 Å². The highest BCUT2D eigenvalue weighted by Crippen LogP contribution is 2.21. The number of halogens is 1. The van der Waals surface area contributed by atoms with Gasteiger partial charge in [-0.1, -0.05) is 6.92 Å². The molecule has 0 unspecified atom stereocenters. The number of pyridine rings is 1. The number of carbonyl (C=O) groups excluding carboxylic acids is 1. The molecule has 4 heteroatoms. The molecular weight excluding hydrogens is 256 g/mol. The molecule has 0 fully saturated rings. The smallest absolute Gasteiger partial charge is 0.165 e. The molecule has 15 heavy (non-hydrogen) atoms. The highest BCUT2D eigenvalue weighted by molar-refractivity contribution is 9.10. The maximum atomic E-state index is 11.8. The summed E-state index contributed by atoms with van der Waals surface area (Å²) in [5.41, 5.74) is 1.50. The molecule has 2 heterocycles. The molecule has 0 aliphatic rings. The van der Waals surface area contributed by atoms with Crippen molar-refractivity contribution in [2.24, 2.45) is 0 Å². The Hall–Kier alpha value is -1.16. The van der Waals surface area contributed by atoms with Gasteiger partial charge in [-0.2, -0.15) is 0 Å². The Morgan fingerprint density at radius 1 is 1.60 bits per heavy atom. The number of H-pyrrole nitrogens is 1. The lowest BCUT2D eigenvalue weighted by Crippen LogP contribution is -1.96. The molecule has 0 aromatic carbocycles. The van der Waals surface area contributed by atoms with E-state index in [4.69, 9.17) is 0 Å². The first-order valence-corrected chi connectivity index (χ1v) is 5.67. The Kier molecular flexibility index (Phi) is 2.86. The zero-order valence-corrected chi connectivity index (χ0v) is 9.97. The average molecular weight is 267 g/mol. The summed E-state index contributed by atoms with van der Waals surface area (Å²) in [6, 6.07) is 1.92. The third-order valence-corrected chi connectivity index (χ3v) is 2.71. The Morgan fingerprint density at radius 2 is 2.40 bits per heavy atom. The number of fused-ring (bicyclic) bond motifs is 1. The van der Waals surface area contributed by atoms with E-state index in [-0.39, 0.29) is 5.78 Å². The zero-order valence-electron chi connectivity index (χ0n) is 8.38. The minimum Gasteiger partial charge on any atom is -0.345 e. The predicted octanol–water partition coefficient (Wildman–Crippen LogP) is 3.31. The van der Waals surface area contributed by atoms with Crippen molar-refractivity contribution >= 4 is 32.7 Å². The largest absolute Gasteiger partial charge is 0.345 e. The topological polar surface area (TPSA) is 45.8 Å². The van der Waals surface area contributed by atoms with Crippen LogP contribution in [0.3, 0.4) is 0 Å². The standard InChI is InChI=1S/C11H11BrN2O/c1-2-3-10(15)9-6-14-11-8(9)4-7(12)5-13-11/h4-6H,2-3H2,1H3,(H,13,14). The Balaban J connectivity index is 2.52. The van der Waals surface area contributed by atoms with E-state index in [1.54, 1.807) is 12.4 Å². The second-order valence-electron chi connectivity index (χ2n) is 3.43. The maximum Gasteiger partial charge on any atom is 0.165 e. The summed E-state index contributed by atoms with van der Waals surface area (Å²) in [5, 5.41) is 0.892. The molecule has 0 aliphatic carbocycles. The molecule has 0 saturated heterocycles. The van der Waals surface area contributed by atoms with Gasteiger partial charge in [0.1, 0.15) is 5.65 Å². The van der Waals surface area contributed by atoms with Crippen LogP contribution < -0.4 is 0 Å². The summed E-state index contributed by atoms with van der Waals surface area (Å²) in [7, 11) is 0. The van der Waals surface area contributed by atoms with Crippen molar-refractivity contribution in [2.45, 2.75) is 19.8 Å². The number of hydrogen-bond acceptors (Lipinski definition) is 2. The molecule has 0 aliphatic heterocycles. The minimum absolute atomic E-state index is 0.170. The zero-order chi connectivity index (χ0) is 10.8. The third kappa shape index (κ3) is 1.95. The number of ketones is 1. The predicted molar refractivity (Wildman–Crippen MR) is 63.0 cm³/mol. The molecule has 0 atom stereocenters. The summed E-state index contributed by atoms with van der Waals surface area (Å²) in [4.78, 5) is 19.0. The van der Waals surface area contributed by atoms with E-state index in [2.05, 4.69) is 25.9 Å². The van der Waals surface area contributed by atoms with Gasteiger partial charge >= 0.3 is 0 Å². The van der Waals surface area contributed by atoms with E-state index < -0.39 is 0 Å². The van der Waals surface area contributed by atoms with Crippen LogP contribution in [0.2, 0.25) is 0 Å². The molecular formula is C11H11BrN2O. The highest BCUT2D eigenvalue weighted by atomic mass is 79.9.